The van der Waals surface area contributed by atoms with E-state index in [1.165, 1.54) is 28.6 Å². The molecule has 1 aliphatic heterocycles. The van der Waals surface area contributed by atoms with Crippen LogP contribution in [0.4, 0.5) is 5.69 Å². The van der Waals surface area contributed by atoms with Crippen LogP contribution in [-0.2, 0) is 10.0 Å². The molecule has 1 unspecified atom stereocenters. The van der Waals surface area contributed by atoms with Gasteiger partial charge in [0, 0.05) is 25.2 Å². The maximum atomic E-state index is 12.8. The molecule has 0 saturated carbocycles. The van der Waals surface area contributed by atoms with E-state index >= 15 is 0 Å². The van der Waals surface area contributed by atoms with Gasteiger partial charge in [0.1, 0.15) is 0 Å². The Hall–Kier alpha value is -1.51. The molecule has 0 aromatic heterocycles. The molecule has 1 atom stereocenters. The quantitative estimate of drug-likeness (QED) is 0.654. The second-order valence-electron chi connectivity index (χ2n) is 4.93. The number of likely N-dealkylation sites (N-methyl/N-ethyl adjacent to an activating group) is 1. The number of hydrogen-bond donors (Lipinski definition) is 1. The van der Waals surface area contributed by atoms with Gasteiger partial charge in [0.15, 0.2) is 4.90 Å². The number of nitro groups is 1. The van der Waals surface area contributed by atoms with Crippen LogP contribution < -0.4 is 5.32 Å². The lowest BCUT2D eigenvalue weighted by atomic mass is 10.1. The van der Waals surface area contributed by atoms with Crippen molar-refractivity contribution in [1.82, 2.24) is 9.62 Å². The van der Waals surface area contributed by atoms with Crippen LogP contribution in [0.5, 0.6) is 0 Å². The van der Waals surface area contributed by atoms with Crippen LogP contribution in [0.15, 0.2) is 29.2 Å². The largest absolute Gasteiger partial charge is 0.315 e. The molecule has 2 rings (SSSR count). The topological polar surface area (TPSA) is 92.6 Å². The summed E-state index contributed by atoms with van der Waals surface area (Å²) in [6, 6.07) is 5.34. The Morgan fingerprint density at radius 2 is 2.14 bits per heavy atom. The summed E-state index contributed by atoms with van der Waals surface area (Å²) >= 11 is 0. The van der Waals surface area contributed by atoms with E-state index in [0.717, 1.165) is 19.4 Å². The molecule has 116 valence electrons. The van der Waals surface area contributed by atoms with Gasteiger partial charge in [-0.25, -0.2) is 8.42 Å². The first-order valence-corrected chi connectivity index (χ1v) is 8.38. The van der Waals surface area contributed by atoms with Gasteiger partial charge in [-0.1, -0.05) is 19.1 Å². The number of hydrogen-bond acceptors (Lipinski definition) is 5. The molecule has 1 N–H and O–H groups in total. The SMILES string of the molecule is CCN(C1CCCNC1)S(=O)(=O)c1ccccc1[N+](=O)[O-]. The minimum absolute atomic E-state index is 0.159. The van der Waals surface area contributed by atoms with E-state index in [9.17, 15) is 18.5 Å². The third kappa shape index (κ3) is 3.22. The van der Waals surface area contributed by atoms with Crippen molar-refractivity contribution in [2.75, 3.05) is 19.6 Å². The number of para-hydroxylation sites is 1. The van der Waals surface area contributed by atoms with Gasteiger partial charge in [-0.05, 0) is 25.5 Å². The Labute approximate surface area is 124 Å². The van der Waals surface area contributed by atoms with Crippen LogP contribution >= 0.6 is 0 Å². The normalized spacial score (nSPS) is 19.6. The van der Waals surface area contributed by atoms with Gasteiger partial charge >= 0.3 is 0 Å². The molecule has 1 heterocycles. The molecule has 0 aliphatic carbocycles. The molecule has 0 bridgehead atoms. The van der Waals surface area contributed by atoms with Gasteiger partial charge in [0.25, 0.3) is 5.69 Å². The zero-order chi connectivity index (χ0) is 15.5. The summed E-state index contributed by atoms with van der Waals surface area (Å²) < 4.78 is 26.9. The Bertz CT molecular complexity index is 612. The predicted octanol–water partition coefficient (Wildman–Crippen LogP) is 1.36. The molecule has 1 aromatic carbocycles. The average Bonchev–Trinajstić information content (AvgIpc) is 2.49. The van der Waals surface area contributed by atoms with E-state index in [0.29, 0.717) is 13.1 Å². The van der Waals surface area contributed by atoms with Gasteiger partial charge in [0.05, 0.1) is 4.92 Å². The molecule has 1 aliphatic rings. The van der Waals surface area contributed by atoms with Crippen LogP contribution in [0.1, 0.15) is 19.8 Å². The molecule has 1 fully saturated rings. The van der Waals surface area contributed by atoms with E-state index in [-0.39, 0.29) is 16.6 Å². The van der Waals surface area contributed by atoms with Crippen molar-refractivity contribution in [2.24, 2.45) is 0 Å². The Morgan fingerprint density at radius 1 is 1.43 bits per heavy atom. The van der Waals surface area contributed by atoms with Crippen molar-refractivity contribution in [3.63, 3.8) is 0 Å². The fourth-order valence-corrected chi connectivity index (χ4v) is 4.48. The summed E-state index contributed by atoms with van der Waals surface area (Å²) in [4.78, 5) is 10.2. The molecule has 21 heavy (non-hydrogen) atoms. The fourth-order valence-electron chi connectivity index (χ4n) is 2.66. The number of nitro benzene ring substituents is 1. The molecule has 0 spiro atoms. The lowest BCUT2D eigenvalue weighted by molar-refractivity contribution is -0.387. The predicted molar refractivity (Wildman–Crippen MR) is 78.6 cm³/mol. The first kappa shape index (κ1) is 15.9. The Balaban J connectivity index is 2.42. The third-order valence-electron chi connectivity index (χ3n) is 3.64. The standard InChI is InChI=1S/C13H19N3O4S/c1-2-15(11-6-5-9-14-10-11)21(19,20)13-8-4-3-7-12(13)16(17)18/h3-4,7-8,11,14H,2,5-6,9-10H2,1H3. The van der Waals surface area contributed by atoms with Crippen LogP contribution in [0.3, 0.4) is 0 Å². The maximum absolute atomic E-state index is 12.8. The summed E-state index contributed by atoms with van der Waals surface area (Å²) in [6.07, 6.45) is 1.66. The number of rotatable bonds is 5. The van der Waals surface area contributed by atoms with E-state index in [4.69, 9.17) is 0 Å². The summed E-state index contributed by atoms with van der Waals surface area (Å²) in [6.45, 7) is 3.49. The molecule has 1 aromatic rings. The first-order valence-electron chi connectivity index (χ1n) is 6.94. The number of nitrogens with one attached hydrogen (secondary N) is 1. The lowest BCUT2D eigenvalue weighted by Crippen LogP contribution is -2.48. The highest BCUT2D eigenvalue weighted by molar-refractivity contribution is 7.89. The second-order valence-corrected chi connectivity index (χ2v) is 6.79. The number of sulfonamides is 1. The average molecular weight is 313 g/mol. The highest BCUT2D eigenvalue weighted by Gasteiger charge is 2.35. The first-order chi connectivity index (χ1) is 9.98. The van der Waals surface area contributed by atoms with Crippen molar-refractivity contribution in [1.29, 1.82) is 0 Å². The Kier molecular flexibility index (Phi) is 4.92. The minimum Gasteiger partial charge on any atom is -0.315 e. The van der Waals surface area contributed by atoms with Crippen molar-refractivity contribution in [2.45, 2.75) is 30.7 Å². The van der Waals surface area contributed by atoms with Crippen molar-refractivity contribution >= 4 is 15.7 Å². The third-order valence-corrected chi connectivity index (χ3v) is 5.71. The van der Waals surface area contributed by atoms with Gasteiger partial charge in [0.2, 0.25) is 10.0 Å². The van der Waals surface area contributed by atoms with Crippen LogP contribution in [0.2, 0.25) is 0 Å². The highest BCUT2D eigenvalue weighted by Crippen LogP contribution is 2.28. The van der Waals surface area contributed by atoms with Crippen LogP contribution in [0.25, 0.3) is 0 Å². The molecule has 0 radical (unpaired) electrons. The monoisotopic (exact) mass is 313 g/mol. The van der Waals surface area contributed by atoms with E-state index in [2.05, 4.69) is 5.32 Å². The molecular weight excluding hydrogens is 294 g/mol. The number of piperidine rings is 1. The summed E-state index contributed by atoms with van der Waals surface area (Å²) in [7, 11) is -3.87. The maximum Gasteiger partial charge on any atom is 0.289 e. The van der Waals surface area contributed by atoms with Gasteiger partial charge in [-0.3, -0.25) is 10.1 Å². The lowest BCUT2D eigenvalue weighted by Gasteiger charge is -2.32. The van der Waals surface area contributed by atoms with Crippen LogP contribution in [-0.4, -0.2) is 43.3 Å². The van der Waals surface area contributed by atoms with E-state index in [1.54, 1.807) is 6.92 Å². The number of nitrogens with zero attached hydrogens (tertiary/aromatic N) is 2. The highest BCUT2D eigenvalue weighted by atomic mass is 32.2. The van der Waals surface area contributed by atoms with Gasteiger partial charge < -0.3 is 5.32 Å². The van der Waals surface area contributed by atoms with Crippen molar-refractivity contribution < 1.29 is 13.3 Å². The summed E-state index contributed by atoms with van der Waals surface area (Å²) in [5, 5.41) is 14.2. The van der Waals surface area contributed by atoms with Gasteiger partial charge in [-0.15, -0.1) is 0 Å². The molecule has 1 saturated heterocycles. The van der Waals surface area contributed by atoms with Gasteiger partial charge in [-0.2, -0.15) is 4.31 Å². The van der Waals surface area contributed by atoms with Crippen molar-refractivity contribution in [3.8, 4) is 0 Å². The number of benzene rings is 1. The summed E-state index contributed by atoms with van der Waals surface area (Å²) in [5.74, 6) is 0. The molecule has 7 nitrogen and oxygen atoms in total. The molecule has 0 amide bonds. The minimum atomic E-state index is -3.87. The molecule has 8 heteroatoms. The second kappa shape index (κ2) is 6.50. The smallest absolute Gasteiger partial charge is 0.289 e. The molecular formula is C13H19N3O4S. The van der Waals surface area contributed by atoms with E-state index < -0.39 is 14.9 Å². The Morgan fingerprint density at radius 3 is 2.71 bits per heavy atom. The fraction of sp³-hybridized carbons (Fsp3) is 0.538. The zero-order valence-electron chi connectivity index (χ0n) is 11.9. The summed E-state index contributed by atoms with van der Waals surface area (Å²) in [5.41, 5.74) is -0.375. The zero-order valence-corrected chi connectivity index (χ0v) is 12.7. The van der Waals surface area contributed by atoms with E-state index in [1.807, 2.05) is 0 Å². The van der Waals surface area contributed by atoms with Crippen LogP contribution in [0, 0.1) is 10.1 Å². The van der Waals surface area contributed by atoms with Crippen molar-refractivity contribution in [3.05, 3.63) is 34.4 Å².